The van der Waals surface area contributed by atoms with Gasteiger partial charge in [-0.05, 0) is 43.3 Å². The molecule has 12 heteroatoms. The van der Waals surface area contributed by atoms with E-state index in [2.05, 4.69) is 25.8 Å². The van der Waals surface area contributed by atoms with Gasteiger partial charge in [-0.2, -0.15) is 0 Å². The molecule has 234 valence electrons. The molecule has 0 bridgehead atoms. The van der Waals surface area contributed by atoms with Crippen molar-refractivity contribution >= 4 is 62.3 Å². The number of piperazine rings is 1. The molecule has 0 unspecified atom stereocenters. The van der Waals surface area contributed by atoms with Crippen LogP contribution < -0.4 is 19.3 Å². The number of anilines is 2. The number of nitrogens with zero attached hydrogens (tertiary/aromatic N) is 4. The van der Waals surface area contributed by atoms with Crippen molar-refractivity contribution in [1.29, 1.82) is 0 Å². The molecule has 2 amide bonds. The molecule has 44 heavy (non-hydrogen) atoms. The number of carbonyl (C=O) groups is 3. The normalized spacial score (nSPS) is 16.8. The van der Waals surface area contributed by atoms with Crippen LogP contribution in [0.15, 0.2) is 30.3 Å². The van der Waals surface area contributed by atoms with Crippen LogP contribution in [-0.4, -0.2) is 106 Å². The molecule has 0 saturated carbocycles. The summed E-state index contributed by atoms with van der Waals surface area (Å²) < 4.78 is 16.6. The summed E-state index contributed by atoms with van der Waals surface area (Å²) in [4.78, 5) is 50.8. The first-order valence-corrected chi connectivity index (χ1v) is 15.5. The number of aryl methyl sites for hydroxylation is 1. The summed E-state index contributed by atoms with van der Waals surface area (Å²) in [6, 6.07) is 7.44. The molecule has 0 aliphatic carbocycles. The number of nitrogens with one attached hydrogen (secondary N) is 1. The minimum atomic E-state index is -0.507. The number of rotatable bonds is 7. The molecule has 2 aromatic carbocycles. The van der Waals surface area contributed by atoms with Gasteiger partial charge in [-0.25, -0.2) is 9.59 Å². The van der Waals surface area contributed by atoms with Crippen LogP contribution in [0.4, 0.5) is 16.2 Å². The zero-order chi connectivity index (χ0) is 31.7. The highest BCUT2D eigenvalue weighted by molar-refractivity contribution is 9.09. The second kappa shape index (κ2) is 12.9. The van der Waals surface area contributed by atoms with Gasteiger partial charge in [0.25, 0.3) is 5.91 Å². The van der Waals surface area contributed by atoms with Crippen LogP contribution in [0, 0.1) is 6.92 Å². The number of benzene rings is 2. The summed E-state index contributed by atoms with van der Waals surface area (Å²) >= 11 is 3.63. The Hall–Kier alpha value is -4.03. The van der Waals surface area contributed by atoms with E-state index in [-0.39, 0.29) is 17.6 Å². The zero-order valence-corrected chi connectivity index (χ0v) is 27.5. The number of H-pyrrole nitrogens is 1. The smallest absolute Gasteiger partial charge is 0.415 e. The Bertz CT molecular complexity index is 1630. The number of alkyl halides is 1. The van der Waals surface area contributed by atoms with Crippen molar-refractivity contribution < 1.29 is 28.6 Å². The number of fused-ring (bicyclic) bond motifs is 3. The van der Waals surface area contributed by atoms with E-state index < -0.39 is 12.1 Å². The van der Waals surface area contributed by atoms with Gasteiger partial charge in [-0.1, -0.05) is 22.0 Å². The van der Waals surface area contributed by atoms with Gasteiger partial charge in [-0.15, -0.1) is 0 Å². The van der Waals surface area contributed by atoms with Crippen LogP contribution in [0.1, 0.15) is 33.1 Å². The summed E-state index contributed by atoms with van der Waals surface area (Å²) in [6.07, 6.45) is 2.82. The van der Waals surface area contributed by atoms with Gasteiger partial charge in [0.15, 0.2) is 5.75 Å². The number of halogens is 1. The third-order valence-electron chi connectivity index (χ3n) is 8.25. The fourth-order valence-corrected chi connectivity index (χ4v) is 6.39. The molecule has 3 aromatic rings. The Kier molecular flexibility index (Phi) is 9.21. The Morgan fingerprint density at radius 3 is 2.45 bits per heavy atom. The van der Waals surface area contributed by atoms with E-state index >= 15 is 0 Å². The number of likely N-dealkylation sites (N-methyl/N-ethyl adjacent to an activating group) is 1. The van der Waals surface area contributed by atoms with E-state index in [0.717, 1.165) is 35.7 Å². The number of carbonyl (C=O) groups excluding carboxylic acids is 3. The first-order valence-electron chi connectivity index (χ1n) is 14.4. The van der Waals surface area contributed by atoms with E-state index in [1.54, 1.807) is 36.0 Å². The van der Waals surface area contributed by atoms with Crippen molar-refractivity contribution in [2.24, 2.45) is 0 Å². The molecule has 2 aliphatic rings. The SMILES string of the molecule is COC(=O)c1c(C)[nH]c2c(OC(=O)N3CCN(C)CC3)cc3c(c12)[C@H](CBr)CN3C(=O)/C=C/c1ccc(OC)c(N(C)C)c1. The molecule has 2 aliphatic heterocycles. The van der Waals surface area contributed by atoms with Gasteiger partial charge in [-0.3, -0.25) is 4.79 Å². The predicted molar refractivity (Wildman–Crippen MR) is 175 cm³/mol. The molecule has 5 rings (SSSR count). The Morgan fingerprint density at radius 2 is 1.82 bits per heavy atom. The van der Waals surface area contributed by atoms with Crippen molar-refractivity contribution in [2.45, 2.75) is 12.8 Å². The average Bonchev–Trinajstić information content (AvgIpc) is 3.56. The lowest BCUT2D eigenvalue weighted by Gasteiger charge is -2.31. The molecule has 1 fully saturated rings. The van der Waals surface area contributed by atoms with Crippen LogP contribution in [0.5, 0.6) is 11.5 Å². The first-order chi connectivity index (χ1) is 21.1. The van der Waals surface area contributed by atoms with Crippen molar-refractivity contribution in [1.82, 2.24) is 14.8 Å². The summed E-state index contributed by atoms with van der Waals surface area (Å²) in [5.74, 6) is 0.126. The fraction of sp³-hybridized carbons (Fsp3) is 0.406. The lowest BCUT2D eigenvalue weighted by molar-refractivity contribution is -0.114. The number of aromatic nitrogens is 1. The molecule has 1 N–H and O–H groups in total. The molecular weight excluding hydrogens is 630 g/mol. The van der Waals surface area contributed by atoms with E-state index in [9.17, 15) is 14.4 Å². The topological polar surface area (TPSA) is 108 Å². The Labute approximate surface area is 265 Å². The molecule has 11 nitrogen and oxygen atoms in total. The lowest BCUT2D eigenvalue weighted by atomic mass is 9.95. The van der Waals surface area contributed by atoms with Crippen molar-refractivity contribution in [3.05, 3.63) is 52.7 Å². The van der Waals surface area contributed by atoms with Gasteiger partial charge >= 0.3 is 12.1 Å². The van der Waals surface area contributed by atoms with Crippen LogP contribution in [0.25, 0.3) is 17.0 Å². The molecule has 1 saturated heterocycles. The second-order valence-electron chi connectivity index (χ2n) is 11.3. The number of amides is 2. The van der Waals surface area contributed by atoms with Crippen molar-refractivity contribution in [2.75, 3.05) is 83.2 Å². The molecule has 3 heterocycles. The molecule has 0 radical (unpaired) electrons. The summed E-state index contributed by atoms with van der Waals surface area (Å²) in [5, 5.41) is 1.15. The van der Waals surface area contributed by atoms with E-state index in [0.29, 0.717) is 52.8 Å². The molecule has 0 spiro atoms. The largest absolute Gasteiger partial charge is 0.495 e. The van der Waals surface area contributed by atoms with Crippen LogP contribution in [0.2, 0.25) is 0 Å². The van der Waals surface area contributed by atoms with Crippen molar-refractivity contribution in [3.8, 4) is 11.5 Å². The number of methoxy groups -OCH3 is 2. The standard InChI is InChI=1S/C32H38BrN5O6/c1-19-27(31(40)43-6)29-28-21(17-33)18-38(26(39)10-8-20-7-9-24(42-5)22(15-20)35(2)3)23(28)16-25(30(29)34-19)44-32(41)37-13-11-36(4)12-14-37/h7-10,15-16,21,34H,11-14,17-18H2,1-6H3/b10-8+/t21-/m1/s1. The van der Waals surface area contributed by atoms with Gasteiger partial charge in [0.2, 0.25) is 0 Å². The fourth-order valence-electron chi connectivity index (χ4n) is 5.87. The number of hydrogen-bond donors (Lipinski definition) is 1. The minimum absolute atomic E-state index is 0.118. The lowest BCUT2D eigenvalue weighted by Crippen LogP contribution is -2.48. The number of aromatic amines is 1. The Morgan fingerprint density at radius 1 is 1.09 bits per heavy atom. The third-order valence-corrected chi connectivity index (χ3v) is 9.03. The van der Waals surface area contributed by atoms with E-state index in [1.807, 2.05) is 44.2 Å². The van der Waals surface area contributed by atoms with E-state index in [4.69, 9.17) is 14.2 Å². The summed E-state index contributed by atoms with van der Waals surface area (Å²) in [6.45, 7) is 4.74. The average molecular weight is 669 g/mol. The van der Waals surface area contributed by atoms with Gasteiger partial charge in [0, 0.05) is 81.3 Å². The third kappa shape index (κ3) is 5.88. The highest BCUT2D eigenvalue weighted by Gasteiger charge is 2.37. The minimum Gasteiger partial charge on any atom is -0.495 e. The van der Waals surface area contributed by atoms with Crippen LogP contribution in [0.3, 0.4) is 0 Å². The Balaban J connectivity index is 1.57. The van der Waals surface area contributed by atoms with Gasteiger partial charge in [0.1, 0.15) is 5.75 Å². The number of hydrogen-bond acceptors (Lipinski definition) is 8. The zero-order valence-electron chi connectivity index (χ0n) is 25.9. The quantitative estimate of drug-likeness (QED) is 0.221. The maximum atomic E-state index is 13.8. The molecule has 1 atom stereocenters. The summed E-state index contributed by atoms with van der Waals surface area (Å²) in [5.41, 5.74) is 4.61. The summed E-state index contributed by atoms with van der Waals surface area (Å²) in [7, 11) is 8.83. The van der Waals surface area contributed by atoms with E-state index in [1.165, 1.54) is 13.2 Å². The first kappa shape index (κ1) is 31.4. The second-order valence-corrected chi connectivity index (χ2v) is 11.9. The number of esters is 1. The van der Waals surface area contributed by atoms with Gasteiger partial charge in [0.05, 0.1) is 36.7 Å². The highest BCUT2D eigenvalue weighted by Crippen LogP contribution is 2.47. The highest BCUT2D eigenvalue weighted by atomic mass is 79.9. The van der Waals surface area contributed by atoms with Crippen molar-refractivity contribution in [3.63, 3.8) is 0 Å². The maximum absolute atomic E-state index is 13.8. The monoisotopic (exact) mass is 667 g/mol. The number of ether oxygens (including phenoxy) is 3. The predicted octanol–water partition coefficient (Wildman–Crippen LogP) is 4.62. The molecular formula is C32H38BrN5O6. The molecule has 1 aromatic heterocycles. The maximum Gasteiger partial charge on any atom is 0.415 e. The van der Waals surface area contributed by atoms with Gasteiger partial charge < -0.3 is 38.8 Å². The van der Waals surface area contributed by atoms with Crippen LogP contribution >= 0.6 is 15.9 Å². The van der Waals surface area contributed by atoms with Crippen LogP contribution in [-0.2, 0) is 9.53 Å².